The minimum Gasteiger partial charge on any atom is -0.465 e. The number of nitrogens with one attached hydrogen (secondary N) is 1. The molecule has 3 aromatic carbocycles. The number of hydrogen-bond acceptors (Lipinski definition) is 2. The molecular formula is C26H21ClN2O3. The highest BCUT2D eigenvalue weighted by Gasteiger charge is 2.33. The molecule has 1 unspecified atom stereocenters. The van der Waals surface area contributed by atoms with Crippen LogP contribution < -0.4 is 5.56 Å². The molecule has 1 aliphatic carbocycles. The summed E-state index contributed by atoms with van der Waals surface area (Å²) in [5.74, 6) is -0.0810. The number of hydrogen-bond donors (Lipinski definition) is 2. The number of pyridine rings is 1. The predicted molar refractivity (Wildman–Crippen MR) is 126 cm³/mol. The predicted octanol–water partition coefficient (Wildman–Crippen LogP) is 6.04. The van der Waals surface area contributed by atoms with E-state index in [-0.39, 0.29) is 18.0 Å². The van der Waals surface area contributed by atoms with Crippen molar-refractivity contribution in [1.82, 2.24) is 9.88 Å². The number of carboxylic acid groups (broad SMARTS) is 1. The summed E-state index contributed by atoms with van der Waals surface area (Å²) in [7, 11) is 0. The van der Waals surface area contributed by atoms with Crippen LogP contribution in [0.3, 0.4) is 0 Å². The van der Waals surface area contributed by atoms with Crippen molar-refractivity contribution >= 4 is 28.5 Å². The average Bonchev–Trinajstić information content (AvgIpc) is 3.10. The number of carbonyl (C=O) groups is 1. The summed E-state index contributed by atoms with van der Waals surface area (Å²) in [6.07, 6.45) is -1.04. The third-order valence-electron chi connectivity index (χ3n) is 6.35. The van der Waals surface area contributed by atoms with E-state index >= 15 is 0 Å². The molecule has 5 nitrogen and oxygen atoms in total. The fourth-order valence-electron chi connectivity index (χ4n) is 4.75. The first-order valence-corrected chi connectivity index (χ1v) is 10.8. The van der Waals surface area contributed by atoms with E-state index in [4.69, 9.17) is 11.6 Å². The molecule has 0 radical (unpaired) electrons. The summed E-state index contributed by atoms with van der Waals surface area (Å²) >= 11 is 6.19. The monoisotopic (exact) mass is 444 g/mol. The van der Waals surface area contributed by atoms with E-state index in [2.05, 4.69) is 29.2 Å². The highest BCUT2D eigenvalue weighted by molar-refractivity contribution is 6.35. The van der Waals surface area contributed by atoms with Gasteiger partial charge in [-0.1, -0.05) is 72.3 Å². The Kier molecular flexibility index (Phi) is 4.98. The number of rotatable bonds is 4. The minimum absolute atomic E-state index is 0.0810. The summed E-state index contributed by atoms with van der Waals surface area (Å²) in [5, 5.41) is 11.6. The smallest absolute Gasteiger partial charge is 0.407 e. The topological polar surface area (TPSA) is 73.4 Å². The van der Waals surface area contributed by atoms with Gasteiger partial charge in [0.2, 0.25) is 0 Å². The first kappa shape index (κ1) is 20.3. The molecule has 0 spiro atoms. The number of fused-ring (bicyclic) bond motifs is 4. The van der Waals surface area contributed by atoms with Crippen molar-refractivity contribution in [2.24, 2.45) is 0 Å². The molecule has 0 fully saturated rings. The van der Waals surface area contributed by atoms with Gasteiger partial charge in [-0.3, -0.25) is 9.69 Å². The summed E-state index contributed by atoms with van der Waals surface area (Å²) in [6, 6.07) is 22.7. The maximum atomic E-state index is 12.7. The highest BCUT2D eigenvalue weighted by Crippen LogP contribution is 2.45. The Hall–Kier alpha value is -3.57. The maximum absolute atomic E-state index is 12.7. The highest BCUT2D eigenvalue weighted by atomic mass is 35.5. The Morgan fingerprint density at radius 3 is 2.28 bits per heavy atom. The van der Waals surface area contributed by atoms with Crippen molar-refractivity contribution in [3.63, 3.8) is 0 Å². The molecule has 0 saturated carbocycles. The third-order valence-corrected chi connectivity index (χ3v) is 6.66. The van der Waals surface area contributed by atoms with Gasteiger partial charge >= 0.3 is 6.09 Å². The molecule has 0 aliphatic heterocycles. The van der Waals surface area contributed by atoms with Crippen molar-refractivity contribution < 1.29 is 9.90 Å². The van der Waals surface area contributed by atoms with Crippen molar-refractivity contribution in [3.05, 3.63) is 105 Å². The lowest BCUT2D eigenvalue weighted by molar-refractivity contribution is 0.125. The van der Waals surface area contributed by atoms with E-state index < -0.39 is 12.1 Å². The molecule has 0 bridgehead atoms. The van der Waals surface area contributed by atoms with Gasteiger partial charge in [-0.25, -0.2) is 4.79 Å². The number of aromatic nitrogens is 1. The van der Waals surface area contributed by atoms with Gasteiger partial charge in [0, 0.05) is 18.2 Å². The second kappa shape index (κ2) is 7.84. The van der Waals surface area contributed by atoms with E-state index in [0.29, 0.717) is 21.5 Å². The molecule has 0 saturated heterocycles. The quantitative estimate of drug-likeness (QED) is 0.403. The van der Waals surface area contributed by atoms with Crippen molar-refractivity contribution in [3.8, 4) is 11.1 Å². The van der Waals surface area contributed by atoms with E-state index in [9.17, 15) is 14.7 Å². The fourth-order valence-corrected chi connectivity index (χ4v) is 5.01. The lowest BCUT2D eigenvalue weighted by atomic mass is 9.95. The van der Waals surface area contributed by atoms with Crippen LogP contribution >= 0.6 is 11.6 Å². The van der Waals surface area contributed by atoms with E-state index in [1.54, 1.807) is 31.2 Å². The Balaban J connectivity index is 1.55. The van der Waals surface area contributed by atoms with Gasteiger partial charge in [0.15, 0.2) is 0 Å². The van der Waals surface area contributed by atoms with Crippen LogP contribution in [0.2, 0.25) is 5.02 Å². The zero-order chi connectivity index (χ0) is 22.4. The lowest BCUT2D eigenvalue weighted by Gasteiger charge is -2.30. The first-order chi connectivity index (χ1) is 15.5. The van der Waals surface area contributed by atoms with Gasteiger partial charge < -0.3 is 10.1 Å². The third kappa shape index (κ3) is 3.26. The summed E-state index contributed by atoms with van der Waals surface area (Å²) < 4.78 is 0. The largest absolute Gasteiger partial charge is 0.465 e. The van der Waals surface area contributed by atoms with Crippen molar-refractivity contribution in [2.75, 3.05) is 6.54 Å². The van der Waals surface area contributed by atoms with Gasteiger partial charge in [-0.15, -0.1) is 0 Å². The van der Waals surface area contributed by atoms with Crippen molar-refractivity contribution in [1.29, 1.82) is 0 Å². The van der Waals surface area contributed by atoms with Crippen LogP contribution in [0.4, 0.5) is 4.79 Å². The van der Waals surface area contributed by atoms with Gasteiger partial charge in [0.05, 0.1) is 16.5 Å². The average molecular weight is 445 g/mol. The Morgan fingerprint density at radius 2 is 1.66 bits per heavy atom. The number of amides is 1. The summed E-state index contributed by atoms with van der Waals surface area (Å²) in [5.41, 5.74) is 4.72. The van der Waals surface area contributed by atoms with Gasteiger partial charge in [0.1, 0.15) is 0 Å². The molecule has 1 aromatic heterocycles. The lowest BCUT2D eigenvalue weighted by Crippen LogP contribution is -2.36. The number of aromatic amines is 1. The van der Waals surface area contributed by atoms with Crippen LogP contribution in [0.25, 0.3) is 21.9 Å². The molecule has 160 valence electrons. The van der Waals surface area contributed by atoms with Crippen molar-refractivity contribution in [2.45, 2.75) is 18.9 Å². The summed E-state index contributed by atoms with van der Waals surface area (Å²) in [4.78, 5) is 29.3. The second-order valence-corrected chi connectivity index (χ2v) is 8.50. The standard InChI is InChI=1S/C26H21ClN2O3/c1-15(23-13-16-7-6-12-22(27)24(16)25(30)28-23)29(26(31)32)14-21-19-10-4-2-8-17(19)18-9-3-5-11-20(18)21/h2-13,15,21H,14H2,1H3,(H,28,30)(H,31,32). The van der Waals surface area contributed by atoms with Gasteiger partial charge in [0.25, 0.3) is 5.56 Å². The molecule has 1 amide bonds. The van der Waals surface area contributed by atoms with Crippen LogP contribution in [0.5, 0.6) is 0 Å². The van der Waals surface area contributed by atoms with E-state index in [1.165, 1.54) is 4.90 Å². The molecule has 2 N–H and O–H groups in total. The minimum atomic E-state index is -1.04. The Morgan fingerprint density at radius 1 is 1.03 bits per heavy atom. The molecule has 1 atom stereocenters. The Bertz CT molecular complexity index is 1370. The number of nitrogens with zero attached hydrogens (tertiary/aromatic N) is 1. The van der Waals surface area contributed by atoms with Crippen LogP contribution in [0.15, 0.2) is 77.6 Å². The van der Waals surface area contributed by atoms with Crippen LogP contribution in [-0.4, -0.2) is 27.6 Å². The molecule has 6 heteroatoms. The van der Waals surface area contributed by atoms with Gasteiger partial charge in [-0.2, -0.15) is 0 Å². The van der Waals surface area contributed by atoms with E-state index in [0.717, 1.165) is 22.3 Å². The molecule has 1 heterocycles. The molecule has 32 heavy (non-hydrogen) atoms. The number of H-pyrrole nitrogens is 1. The van der Waals surface area contributed by atoms with E-state index in [1.807, 2.05) is 24.3 Å². The number of benzene rings is 3. The zero-order valence-electron chi connectivity index (χ0n) is 17.4. The maximum Gasteiger partial charge on any atom is 0.407 e. The SMILES string of the molecule is CC(c1cc2cccc(Cl)c2c(=O)[nH]1)N(CC1c2ccccc2-c2ccccc21)C(=O)O. The fraction of sp³-hybridized carbons (Fsp3) is 0.154. The van der Waals surface area contributed by atoms with Gasteiger partial charge in [-0.05, 0) is 46.7 Å². The zero-order valence-corrected chi connectivity index (χ0v) is 18.1. The second-order valence-electron chi connectivity index (χ2n) is 8.10. The molecular weight excluding hydrogens is 424 g/mol. The van der Waals surface area contributed by atoms with Crippen LogP contribution in [0.1, 0.15) is 35.7 Å². The first-order valence-electron chi connectivity index (χ1n) is 10.4. The normalized spacial score (nSPS) is 13.6. The molecule has 5 rings (SSSR count). The van der Waals surface area contributed by atoms with Crippen LogP contribution in [-0.2, 0) is 0 Å². The molecule has 1 aliphatic rings. The van der Waals surface area contributed by atoms with Crippen LogP contribution in [0, 0.1) is 0 Å². The Labute approximate surface area is 189 Å². The number of halogens is 1. The molecule has 4 aromatic rings. The summed E-state index contributed by atoms with van der Waals surface area (Å²) in [6.45, 7) is 2.07.